The minimum absolute atomic E-state index is 0.0606. The van der Waals surface area contributed by atoms with Crippen LogP contribution >= 0.6 is 0 Å². The van der Waals surface area contributed by atoms with E-state index in [1.807, 2.05) is 4.90 Å². The Bertz CT molecular complexity index is 590. The molecule has 0 bridgehead atoms. The molecule has 4 nitrogen and oxygen atoms in total. The lowest BCUT2D eigenvalue weighted by molar-refractivity contribution is -0.135. The molecule has 4 heteroatoms. The first kappa shape index (κ1) is 17.4. The third-order valence-electron chi connectivity index (χ3n) is 5.64. The van der Waals surface area contributed by atoms with Crippen molar-refractivity contribution in [3.8, 4) is 0 Å². The summed E-state index contributed by atoms with van der Waals surface area (Å²) in [4.78, 5) is 15.0. The molecular formula is C20H29NO3. The van der Waals surface area contributed by atoms with Crippen LogP contribution in [0.5, 0.6) is 0 Å². The highest BCUT2D eigenvalue weighted by atomic mass is 16.5. The Morgan fingerprint density at radius 1 is 1.25 bits per heavy atom. The van der Waals surface area contributed by atoms with Crippen LogP contribution in [0, 0.1) is 26.7 Å². The van der Waals surface area contributed by atoms with Gasteiger partial charge in [-0.3, -0.25) is 4.79 Å². The Morgan fingerprint density at radius 3 is 2.62 bits per heavy atom. The van der Waals surface area contributed by atoms with Crippen molar-refractivity contribution in [3.63, 3.8) is 0 Å². The van der Waals surface area contributed by atoms with Gasteiger partial charge in [0.25, 0.3) is 0 Å². The van der Waals surface area contributed by atoms with Gasteiger partial charge < -0.3 is 14.7 Å². The molecule has 1 N–H and O–H groups in total. The Morgan fingerprint density at radius 2 is 1.96 bits per heavy atom. The first-order valence-electron chi connectivity index (χ1n) is 9.09. The predicted octanol–water partition coefficient (Wildman–Crippen LogP) is 2.54. The van der Waals surface area contributed by atoms with Gasteiger partial charge in [0.1, 0.15) is 0 Å². The smallest absolute Gasteiger partial charge is 0.227 e. The summed E-state index contributed by atoms with van der Waals surface area (Å²) >= 11 is 0. The fourth-order valence-electron chi connectivity index (χ4n) is 4.40. The Balaban J connectivity index is 1.74. The molecule has 0 aromatic heterocycles. The van der Waals surface area contributed by atoms with Crippen LogP contribution in [-0.4, -0.2) is 47.8 Å². The summed E-state index contributed by atoms with van der Waals surface area (Å²) in [7, 11) is 0. The van der Waals surface area contributed by atoms with E-state index in [-0.39, 0.29) is 24.0 Å². The third kappa shape index (κ3) is 3.50. The van der Waals surface area contributed by atoms with Crippen molar-refractivity contribution in [2.24, 2.45) is 5.92 Å². The van der Waals surface area contributed by atoms with Crippen molar-refractivity contribution in [3.05, 3.63) is 34.4 Å². The maximum absolute atomic E-state index is 13.0. The van der Waals surface area contributed by atoms with Gasteiger partial charge in [0.05, 0.1) is 19.1 Å². The topological polar surface area (TPSA) is 49.8 Å². The zero-order valence-corrected chi connectivity index (χ0v) is 15.0. The lowest BCUT2D eigenvalue weighted by atomic mass is 9.89. The van der Waals surface area contributed by atoms with Gasteiger partial charge >= 0.3 is 0 Å². The van der Waals surface area contributed by atoms with Crippen LogP contribution in [0.1, 0.15) is 41.5 Å². The predicted molar refractivity (Wildman–Crippen MR) is 94.0 cm³/mol. The number of amides is 1. The third-order valence-corrected chi connectivity index (χ3v) is 5.64. The number of aliphatic hydroxyl groups excluding tert-OH is 1. The van der Waals surface area contributed by atoms with Crippen LogP contribution in [0.2, 0.25) is 0 Å². The van der Waals surface area contributed by atoms with Crippen molar-refractivity contribution in [1.29, 1.82) is 0 Å². The largest absolute Gasteiger partial charge is 0.393 e. The van der Waals surface area contributed by atoms with Gasteiger partial charge in [-0.05, 0) is 56.7 Å². The fraction of sp³-hybridized carbons (Fsp3) is 0.650. The minimum Gasteiger partial charge on any atom is -0.393 e. The molecule has 24 heavy (non-hydrogen) atoms. The summed E-state index contributed by atoms with van der Waals surface area (Å²) in [5, 5.41) is 10.3. The van der Waals surface area contributed by atoms with E-state index >= 15 is 0 Å². The maximum atomic E-state index is 13.0. The van der Waals surface area contributed by atoms with Crippen LogP contribution < -0.4 is 0 Å². The molecule has 3 rings (SSSR count). The number of hydrogen-bond acceptors (Lipinski definition) is 3. The van der Waals surface area contributed by atoms with Gasteiger partial charge in [-0.1, -0.05) is 17.7 Å². The lowest BCUT2D eigenvalue weighted by Crippen LogP contribution is -2.48. The van der Waals surface area contributed by atoms with E-state index in [0.29, 0.717) is 26.1 Å². The van der Waals surface area contributed by atoms with Crippen molar-refractivity contribution in [2.45, 2.75) is 58.6 Å². The van der Waals surface area contributed by atoms with Gasteiger partial charge in [0.15, 0.2) is 0 Å². The zero-order chi connectivity index (χ0) is 17.3. The van der Waals surface area contributed by atoms with E-state index < -0.39 is 0 Å². The highest BCUT2D eigenvalue weighted by molar-refractivity contribution is 5.80. The number of carbonyl (C=O) groups excluding carboxylic acids is 1. The standard InChI is InChI=1S/C20H29NO3/c1-13-9-14(2)16(15(3)10-13)11-20(23)21-7-4-5-18(21)17-12-24-8-6-19(17)22/h9-10,17-19,22H,4-8,11-12H2,1-3H3/t17-,18+,19+/m0/s1. The van der Waals surface area contributed by atoms with Crippen molar-refractivity contribution >= 4 is 5.91 Å². The molecule has 2 aliphatic heterocycles. The zero-order valence-electron chi connectivity index (χ0n) is 15.0. The summed E-state index contributed by atoms with van der Waals surface area (Å²) < 4.78 is 5.56. The van der Waals surface area contributed by atoms with E-state index in [1.165, 1.54) is 16.7 Å². The molecule has 0 radical (unpaired) electrons. The van der Waals surface area contributed by atoms with Gasteiger partial charge in [-0.15, -0.1) is 0 Å². The first-order chi connectivity index (χ1) is 11.5. The molecule has 0 aliphatic carbocycles. The molecule has 1 amide bonds. The van der Waals surface area contributed by atoms with Crippen molar-refractivity contribution in [1.82, 2.24) is 4.90 Å². The van der Waals surface area contributed by atoms with E-state index in [2.05, 4.69) is 32.9 Å². The maximum Gasteiger partial charge on any atom is 0.227 e. The molecule has 132 valence electrons. The highest BCUT2D eigenvalue weighted by Gasteiger charge is 2.39. The number of carbonyl (C=O) groups is 1. The SMILES string of the molecule is Cc1cc(C)c(CC(=O)N2CCC[C@@H]2[C@@H]2COCC[C@H]2O)c(C)c1. The molecule has 2 aliphatic rings. The number of likely N-dealkylation sites (tertiary alicyclic amines) is 1. The number of aryl methyl sites for hydroxylation is 3. The van der Waals surface area contributed by atoms with Crippen molar-refractivity contribution in [2.75, 3.05) is 19.8 Å². The van der Waals surface area contributed by atoms with E-state index in [4.69, 9.17) is 4.74 Å². The molecule has 1 aromatic rings. The summed E-state index contributed by atoms with van der Waals surface area (Å²) in [6, 6.07) is 4.42. The Labute approximate surface area is 144 Å². The number of nitrogens with zero attached hydrogens (tertiary/aromatic N) is 1. The summed E-state index contributed by atoms with van der Waals surface area (Å²) in [5.41, 5.74) is 4.77. The van der Waals surface area contributed by atoms with Crippen LogP contribution in [0.25, 0.3) is 0 Å². The second kappa shape index (κ2) is 7.24. The van der Waals surface area contributed by atoms with Crippen molar-refractivity contribution < 1.29 is 14.6 Å². The van der Waals surface area contributed by atoms with Crippen LogP contribution in [0.15, 0.2) is 12.1 Å². The normalized spacial score (nSPS) is 27.5. The minimum atomic E-state index is -0.347. The molecule has 2 heterocycles. The average Bonchev–Trinajstić information content (AvgIpc) is 3.00. The average molecular weight is 331 g/mol. The lowest BCUT2D eigenvalue weighted by Gasteiger charge is -2.37. The summed E-state index contributed by atoms with van der Waals surface area (Å²) in [5.74, 6) is 0.246. The molecule has 1 aromatic carbocycles. The second-order valence-corrected chi connectivity index (χ2v) is 7.45. The number of rotatable bonds is 3. The Kier molecular flexibility index (Phi) is 5.26. The number of benzene rings is 1. The first-order valence-corrected chi connectivity index (χ1v) is 9.09. The highest BCUT2D eigenvalue weighted by Crippen LogP contribution is 2.30. The summed E-state index contributed by atoms with van der Waals surface area (Å²) in [6.07, 6.45) is 2.78. The molecule has 0 spiro atoms. The molecule has 0 saturated carbocycles. The number of aliphatic hydroxyl groups is 1. The molecule has 2 saturated heterocycles. The van der Waals surface area contributed by atoms with Crippen LogP contribution in [0.4, 0.5) is 0 Å². The summed E-state index contributed by atoms with van der Waals surface area (Å²) in [6.45, 7) is 8.26. The van der Waals surface area contributed by atoms with Gasteiger partial charge in [0.2, 0.25) is 5.91 Å². The molecule has 0 unspecified atom stereocenters. The quantitative estimate of drug-likeness (QED) is 0.926. The molecule has 3 atom stereocenters. The van der Waals surface area contributed by atoms with E-state index in [0.717, 1.165) is 24.9 Å². The van der Waals surface area contributed by atoms with Crippen LogP contribution in [0.3, 0.4) is 0 Å². The van der Waals surface area contributed by atoms with Gasteiger partial charge in [-0.2, -0.15) is 0 Å². The number of ether oxygens (including phenoxy) is 1. The second-order valence-electron chi connectivity index (χ2n) is 7.45. The Hall–Kier alpha value is -1.39. The van der Waals surface area contributed by atoms with Gasteiger partial charge in [-0.25, -0.2) is 0 Å². The van der Waals surface area contributed by atoms with E-state index in [9.17, 15) is 9.90 Å². The molecular weight excluding hydrogens is 302 g/mol. The van der Waals surface area contributed by atoms with Crippen LogP contribution in [-0.2, 0) is 16.0 Å². The fourth-order valence-corrected chi connectivity index (χ4v) is 4.40. The molecule has 2 fully saturated rings. The number of hydrogen-bond donors (Lipinski definition) is 1. The monoisotopic (exact) mass is 331 g/mol. The van der Waals surface area contributed by atoms with Gasteiger partial charge in [0, 0.05) is 25.1 Å². The van der Waals surface area contributed by atoms with E-state index in [1.54, 1.807) is 0 Å².